The van der Waals surface area contributed by atoms with Crippen LogP contribution in [-0.4, -0.2) is 46.1 Å². The van der Waals surface area contributed by atoms with Crippen LogP contribution >= 0.6 is 0 Å². The Bertz CT molecular complexity index is 320. The molecule has 7 heteroatoms. The average molecular weight is 318 g/mol. The van der Waals surface area contributed by atoms with E-state index >= 15 is 0 Å². The SMILES string of the molecule is C=CC(=O)NC(C)C(C)O[Si](CC(C)N)(OCC)OCC. The highest BCUT2D eigenvalue weighted by molar-refractivity contribution is 6.61. The van der Waals surface area contributed by atoms with E-state index in [9.17, 15) is 4.79 Å². The van der Waals surface area contributed by atoms with Crippen LogP contribution in [-0.2, 0) is 18.1 Å². The van der Waals surface area contributed by atoms with Gasteiger partial charge in [-0.15, -0.1) is 0 Å². The zero-order valence-corrected chi connectivity index (χ0v) is 14.8. The third-order valence-electron chi connectivity index (χ3n) is 2.93. The van der Waals surface area contributed by atoms with Crippen LogP contribution in [0.2, 0.25) is 6.04 Å². The van der Waals surface area contributed by atoms with Gasteiger partial charge < -0.3 is 24.3 Å². The molecule has 0 saturated heterocycles. The third-order valence-corrected chi connectivity index (χ3v) is 6.26. The summed E-state index contributed by atoms with van der Waals surface area (Å²) in [5.41, 5.74) is 5.90. The molecular formula is C14H30N2O4Si. The first-order valence-electron chi connectivity index (χ1n) is 7.44. The van der Waals surface area contributed by atoms with Gasteiger partial charge in [0.2, 0.25) is 5.91 Å². The Kier molecular flexibility index (Phi) is 9.72. The number of carbonyl (C=O) groups is 1. The smallest absolute Gasteiger partial charge is 0.374 e. The Hall–Kier alpha value is -0.733. The number of carbonyl (C=O) groups excluding carboxylic acids is 1. The molecule has 1 amide bonds. The number of hydrogen-bond donors (Lipinski definition) is 2. The Morgan fingerprint density at radius 2 is 1.81 bits per heavy atom. The van der Waals surface area contributed by atoms with Crippen molar-refractivity contribution in [2.45, 2.75) is 58.9 Å². The van der Waals surface area contributed by atoms with E-state index in [1.165, 1.54) is 6.08 Å². The van der Waals surface area contributed by atoms with Gasteiger partial charge in [0, 0.05) is 25.3 Å². The first-order chi connectivity index (χ1) is 9.80. The van der Waals surface area contributed by atoms with E-state index in [1.54, 1.807) is 0 Å². The fraction of sp³-hybridized carbons (Fsp3) is 0.786. The topological polar surface area (TPSA) is 82.8 Å². The molecular weight excluding hydrogens is 288 g/mol. The highest BCUT2D eigenvalue weighted by Crippen LogP contribution is 2.20. The molecule has 124 valence electrons. The second kappa shape index (κ2) is 10.1. The van der Waals surface area contributed by atoms with Gasteiger partial charge in [0.25, 0.3) is 0 Å². The van der Waals surface area contributed by atoms with Gasteiger partial charge in [-0.3, -0.25) is 4.79 Å². The highest BCUT2D eigenvalue weighted by atomic mass is 28.4. The Morgan fingerprint density at radius 3 is 2.19 bits per heavy atom. The molecule has 0 bridgehead atoms. The zero-order valence-electron chi connectivity index (χ0n) is 13.8. The van der Waals surface area contributed by atoms with Crippen molar-refractivity contribution in [1.29, 1.82) is 0 Å². The molecule has 0 spiro atoms. The molecule has 0 heterocycles. The molecule has 0 radical (unpaired) electrons. The van der Waals surface area contributed by atoms with Crippen LogP contribution in [0, 0.1) is 0 Å². The van der Waals surface area contributed by atoms with Gasteiger partial charge in [0.1, 0.15) is 0 Å². The minimum absolute atomic E-state index is 0.0833. The first-order valence-corrected chi connectivity index (χ1v) is 9.37. The van der Waals surface area contributed by atoms with Gasteiger partial charge in [0.15, 0.2) is 0 Å². The zero-order chi connectivity index (χ0) is 16.5. The van der Waals surface area contributed by atoms with Crippen molar-refractivity contribution in [3.8, 4) is 0 Å². The summed E-state index contributed by atoms with van der Waals surface area (Å²) in [7, 11) is -2.85. The van der Waals surface area contributed by atoms with Crippen LogP contribution in [0.4, 0.5) is 0 Å². The van der Waals surface area contributed by atoms with Crippen molar-refractivity contribution in [2.75, 3.05) is 13.2 Å². The molecule has 0 aromatic carbocycles. The monoisotopic (exact) mass is 318 g/mol. The van der Waals surface area contributed by atoms with Gasteiger partial charge >= 0.3 is 8.80 Å². The molecule has 0 fully saturated rings. The van der Waals surface area contributed by atoms with E-state index in [2.05, 4.69) is 11.9 Å². The van der Waals surface area contributed by atoms with Crippen molar-refractivity contribution in [3.63, 3.8) is 0 Å². The Balaban J connectivity index is 4.90. The maximum absolute atomic E-state index is 11.4. The molecule has 0 aromatic heterocycles. The largest absolute Gasteiger partial charge is 0.502 e. The first kappa shape index (κ1) is 20.3. The van der Waals surface area contributed by atoms with Crippen LogP contribution in [0.1, 0.15) is 34.6 Å². The Morgan fingerprint density at radius 1 is 1.29 bits per heavy atom. The molecule has 6 nitrogen and oxygen atoms in total. The summed E-state index contributed by atoms with van der Waals surface area (Å²) in [4.78, 5) is 11.4. The predicted molar refractivity (Wildman–Crippen MR) is 85.8 cm³/mol. The molecule has 3 unspecified atom stereocenters. The van der Waals surface area contributed by atoms with E-state index in [4.69, 9.17) is 19.0 Å². The maximum Gasteiger partial charge on any atom is 0.502 e. The number of rotatable bonds is 11. The van der Waals surface area contributed by atoms with Gasteiger partial charge in [-0.2, -0.15) is 0 Å². The molecule has 0 saturated carbocycles. The fourth-order valence-electron chi connectivity index (χ4n) is 1.90. The van der Waals surface area contributed by atoms with Crippen LogP contribution in [0.25, 0.3) is 0 Å². The normalized spacial score (nSPS) is 16.1. The lowest BCUT2D eigenvalue weighted by Crippen LogP contribution is -2.54. The average Bonchev–Trinajstić information content (AvgIpc) is 2.37. The molecule has 0 aliphatic rings. The summed E-state index contributed by atoms with van der Waals surface area (Å²) in [6, 6.07) is 0.276. The standard InChI is InChI=1S/C14H30N2O4Si/c1-7-14(17)16-12(5)13(6)20-21(18-8-2,19-9-3)10-11(4)15/h7,11-13H,1,8-10,15H2,2-6H3,(H,16,17). The minimum atomic E-state index is -2.85. The number of nitrogens with two attached hydrogens (primary N) is 1. The molecule has 0 aliphatic carbocycles. The maximum atomic E-state index is 11.4. The van der Waals surface area contributed by atoms with E-state index in [1.807, 2.05) is 34.6 Å². The van der Waals surface area contributed by atoms with Crippen LogP contribution < -0.4 is 11.1 Å². The molecule has 21 heavy (non-hydrogen) atoms. The fourth-order valence-corrected chi connectivity index (χ4v) is 4.89. The van der Waals surface area contributed by atoms with Crippen LogP contribution in [0.5, 0.6) is 0 Å². The van der Waals surface area contributed by atoms with E-state index in [0.29, 0.717) is 19.3 Å². The molecule has 3 atom stereocenters. The molecule has 3 N–H and O–H groups in total. The van der Waals surface area contributed by atoms with Crippen molar-refractivity contribution in [1.82, 2.24) is 5.32 Å². The highest BCUT2D eigenvalue weighted by Gasteiger charge is 2.44. The van der Waals surface area contributed by atoms with E-state index in [0.717, 1.165) is 0 Å². The van der Waals surface area contributed by atoms with Gasteiger partial charge in [0.05, 0.1) is 12.1 Å². The van der Waals surface area contributed by atoms with E-state index in [-0.39, 0.29) is 24.1 Å². The summed E-state index contributed by atoms with van der Waals surface area (Å²) in [5, 5.41) is 2.79. The second-order valence-corrected chi connectivity index (χ2v) is 7.64. The summed E-state index contributed by atoms with van der Waals surface area (Å²) >= 11 is 0. The lowest BCUT2D eigenvalue weighted by molar-refractivity contribution is -0.117. The van der Waals surface area contributed by atoms with Crippen molar-refractivity contribution in [3.05, 3.63) is 12.7 Å². The minimum Gasteiger partial charge on any atom is -0.374 e. The van der Waals surface area contributed by atoms with Gasteiger partial charge in [-0.05, 0) is 40.7 Å². The Labute approximate surface area is 129 Å². The molecule has 0 aliphatic heterocycles. The van der Waals surface area contributed by atoms with Gasteiger partial charge in [-0.1, -0.05) is 6.58 Å². The summed E-state index contributed by atoms with van der Waals surface area (Å²) in [6.45, 7) is 13.9. The van der Waals surface area contributed by atoms with Crippen LogP contribution in [0.15, 0.2) is 12.7 Å². The third kappa shape index (κ3) is 7.73. The lowest BCUT2D eigenvalue weighted by atomic mass is 10.2. The number of amides is 1. The van der Waals surface area contributed by atoms with Crippen LogP contribution in [0.3, 0.4) is 0 Å². The summed E-state index contributed by atoms with van der Waals surface area (Å²) in [5.74, 6) is -0.231. The van der Waals surface area contributed by atoms with Crippen molar-refractivity contribution < 1.29 is 18.1 Å². The summed E-state index contributed by atoms with van der Waals surface area (Å²) in [6.07, 6.45) is 0.985. The molecule has 0 rings (SSSR count). The lowest BCUT2D eigenvalue weighted by Gasteiger charge is -2.34. The van der Waals surface area contributed by atoms with Crippen molar-refractivity contribution >= 4 is 14.7 Å². The molecule has 0 aromatic rings. The van der Waals surface area contributed by atoms with Gasteiger partial charge in [-0.25, -0.2) is 0 Å². The second-order valence-electron chi connectivity index (χ2n) is 5.05. The summed E-state index contributed by atoms with van der Waals surface area (Å²) < 4.78 is 17.7. The predicted octanol–water partition coefficient (Wildman–Crippen LogP) is 1.44. The van der Waals surface area contributed by atoms with E-state index < -0.39 is 8.80 Å². The number of hydrogen-bond acceptors (Lipinski definition) is 5. The number of nitrogens with one attached hydrogen (secondary N) is 1. The quantitative estimate of drug-likeness (QED) is 0.445. The van der Waals surface area contributed by atoms with Crippen molar-refractivity contribution in [2.24, 2.45) is 5.73 Å².